The smallest absolute Gasteiger partial charge is 0.0264 e. The molecule has 4 rings (SSSR count). The summed E-state index contributed by atoms with van der Waals surface area (Å²) >= 11 is 0. The van der Waals surface area contributed by atoms with E-state index < -0.39 is 0 Å². The summed E-state index contributed by atoms with van der Waals surface area (Å²) in [5.74, 6) is 6.55. The van der Waals surface area contributed by atoms with Gasteiger partial charge in [-0.3, -0.25) is 0 Å². The lowest BCUT2D eigenvalue weighted by atomic mass is 9.57. The van der Waals surface area contributed by atoms with Gasteiger partial charge in [0.15, 0.2) is 0 Å². The third kappa shape index (κ3) is 3.44. The second-order valence-electron chi connectivity index (χ2n) is 10.8. The molecule has 0 amide bonds. The molecule has 0 aliphatic heterocycles. The van der Waals surface area contributed by atoms with Gasteiger partial charge in [0.05, 0.1) is 0 Å². The van der Waals surface area contributed by atoms with Gasteiger partial charge in [0.25, 0.3) is 0 Å². The molecule has 0 heterocycles. The van der Waals surface area contributed by atoms with E-state index in [0.717, 1.165) is 35.5 Å². The van der Waals surface area contributed by atoms with Crippen LogP contribution in [0.15, 0.2) is 12.7 Å². The summed E-state index contributed by atoms with van der Waals surface area (Å²) in [7, 11) is 0. The lowest BCUT2D eigenvalue weighted by Crippen LogP contribution is -2.41. The first-order chi connectivity index (χ1) is 12.8. The molecule has 5 unspecified atom stereocenters. The van der Waals surface area contributed by atoms with Crippen molar-refractivity contribution in [2.75, 3.05) is 0 Å². The molecular weight excluding hydrogens is 312 g/mol. The first-order valence-corrected chi connectivity index (χ1v) is 12.4. The zero-order valence-corrected chi connectivity index (χ0v) is 17.6. The third-order valence-corrected chi connectivity index (χ3v) is 9.65. The Bertz CT molecular complexity index is 437. The van der Waals surface area contributed by atoms with Gasteiger partial charge in [-0.25, -0.2) is 0 Å². The number of hydrogen-bond donors (Lipinski definition) is 0. The zero-order valence-electron chi connectivity index (χ0n) is 17.6. The lowest BCUT2D eigenvalue weighted by molar-refractivity contribution is 0.00528. The molecule has 0 aromatic rings. The van der Waals surface area contributed by atoms with Crippen LogP contribution in [0.25, 0.3) is 0 Å². The maximum absolute atomic E-state index is 3.96. The molecular formula is C26H44. The van der Waals surface area contributed by atoms with Crippen LogP contribution in [0.4, 0.5) is 0 Å². The summed E-state index contributed by atoms with van der Waals surface area (Å²) < 4.78 is 0. The molecule has 26 heavy (non-hydrogen) atoms. The molecule has 0 N–H and O–H groups in total. The molecule has 0 heteroatoms. The maximum atomic E-state index is 3.96. The Hall–Kier alpha value is -0.260. The van der Waals surface area contributed by atoms with Crippen molar-refractivity contribution < 1.29 is 0 Å². The summed E-state index contributed by atoms with van der Waals surface area (Å²) in [6.45, 7) is 6.75. The van der Waals surface area contributed by atoms with Crippen LogP contribution in [0.5, 0.6) is 0 Å². The molecule has 148 valence electrons. The summed E-state index contributed by atoms with van der Waals surface area (Å²) in [5.41, 5.74) is 0.648. The third-order valence-electron chi connectivity index (χ3n) is 9.65. The van der Waals surface area contributed by atoms with E-state index in [9.17, 15) is 0 Å². The highest BCUT2D eigenvalue weighted by atomic mass is 14.6. The fourth-order valence-electron chi connectivity index (χ4n) is 8.65. The number of unbranched alkanes of at least 4 members (excludes halogenated alkanes) is 2. The van der Waals surface area contributed by atoms with Gasteiger partial charge in [-0.1, -0.05) is 57.9 Å². The molecule has 0 radical (unpaired) electrons. The van der Waals surface area contributed by atoms with Crippen molar-refractivity contribution in [1.82, 2.24) is 0 Å². The highest BCUT2D eigenvalue weighted by Gasteiger charge is 2.58. The Balaban J connectivity index is 1.60. The molecule has 5 atom stereocenters. The van der Waals surface area contributed by atoms with Crippen LogP contribution in [0.2, 0.25) is 0 Å². The summed E-state index contributed by atoms with van der Waals surface area (Å²) in [6.07, 6.45) is 26.3. The summed E-state index contributed by atoms with van der Waals surface area (Å²) in [4.78, 5) is 0. The first-order valence-electron chi connectivity index (χ1n) is 12.4. The van der Waals surface area contributed by atoms with Gasteiger partial charge in [-0.2, -0.15) is 0 Å². The van der Waals surface area contributed by atoms with Gasteiger partial charge >= 0.3 is 0 Å². The van der Waals surface area contributed by atoms with Crippen molar-refractivity contribution in [3.05, 3.63) is 12.7 Å². The van der Waals surface area contributed by atoms with E-state index in [2.05, 4.69) is 19.6 Å². The van der Waals surface area contributed by atoms with E-state index in [4.69, 9.17) is 0 Å². The van der Waals surface area contributed by atoms with Crippen LogP contribution in [0, 0.1) is 40.9 Å². The Morgan fingerprint density at radius 3 is 1.77 bits per heavy atom. The average Bonchev–Trinajstić information content (AvgIpc) is 3.32. The van der Waals surface area contributed by atoms with E-state index in [0.29, 0.717) is 5.41 Å². The quantitative estimate of drug-likeness (QED) is 0.319. The fourth-order valence-corrected chi connectivity index (χ4v) is 8.65. The minimum absolute atomic E-state index is 0.648. The fraction of sp³-hybridized carbons (Fsp3) is 0.923. The van der Waals surface area contributed by atoms with Crippen molar-refractivity contribution in [3.8, 4) is 0 Å². The van der Waals surface area contributed by atoms with Crippen LogP contribution in [-0.4, -0.2) is 0 Å². The SMILES string of the molecule is C=CCCCCC(C)(C1CCCC1)C1C2CCCCC2C2CCCCC21. The Morgan fingerprint density at radius 2 is 1.23 bits per heavy atom. The van der Waals surface area contributed by atoms with Crippen LogP contribution < -0.4 is 0 Å². The minimum atomic E-state index is 0.648. The normalized spacial score (nSPS) is 40.0. The molecule has 0 aromatic carbocycles. The number of rotatable bonds is 7. The van der Waals surface area contributed by atoms with E-state index in [1.165, 1.54) is 64.2 Å². The molecule has 0 saturated heterocycles. The van der Waals surface area contributed by atoms with Gasteiger partial charge in [0.1, 0.15) is 0 Å². The minimum Gasteiger partial charge on any atom is -0.103 e. The average molecular weight is 357 g/mol. The van der Waals surface area contributed by atoms with Crippen LogP contribution in [-0.2, 0) is 0 Å². The topological polar surface area (TPSA) is 0 Å². The molecule has 0 nitrogen and oxygen atoms in total. The van der Waals surface area contributed by atoms with Gasteiger partial charge in [-0.15, -0.1) is 6.58 Å². The van der Waals surface area contributed by atoms with Gasteiger partial charge in [0, 0.05) is 0 Å². The second-order valence-corrected chi connectivity index (χ2v) is 10.8. The highest BCUT2D eigenvalue weighted by Crippen LogP contribution is 2.65. The van der Waals surface area contributed by atoms with Gasteiger partial charge < -0.3 is 0 Å². The van der Waals surface area contributed by atoms with E-state index in [1.54, 1.807) is 38.5 Å². The number of allylic oxidation sites excluding steroid dienone is 1. The largest absolute Gasteiger partial charge is 0.103 e. The van der Waals surface area contributed by atoms with Crippen molar-refractivity contribution in [2.24, 2.45) is 40.9 Å². The first kappa shape index (κ1) is 19.1. The van der Waals surface area contributed by atoms with Crippen LogP contribution >= 0.6 is 0 Å². The number of hydrogen-bond acceptors (Lipinski definition) is 0. The molecule has 0 bridgehead atoms. The van der Waals surface area contributed by atoms with E-state index in [-0.39, 0.29) is 0 Å². The number of fused-ring (bicyclic) bond motifs is 3. The predicted octanol–water partition coefficient (Wildman–Crippen LogP) is 8.17. The Labute approximate surface area is 163 Å². The van der Waals surface area contributed by atoms with Crippen LogP contribution in [0.1, 0.15) is 110 Å². The van der Waals surface area contributed by atoms with Gasteiger partial charge in [-0.05, 0) is 98.7 Å². The molecule has 0 spiro atoms. The van der Waals surface area contributed by atoms with Gasteiger partial charge in [0.2, 0.25) is 0 Å². The Morgan fingerprint density at radius 1 is 0.731 bits per heavy atom. The predicted molar refractivity (Wildman–Crippen MR) is 113 cm³/mol. The summed E-state index contributed by atoms with van der Waals surface area (Å²) in [5, 5.41) is 0. The monoisotopic (exact) mass is 356 g/mol. The maximum Gasteiger partial charge on any atom is -0.0264 e. The summed E-state index contributed by atoms with van der Waals surface area (Å²) in [6, 6.07) is 0. The lowest BCUT2D eigenvalue weighted by Gasteiger charge is -2.48. The van der Waals surface area contributed by atoms with Crippen molar-refractivity contribution in [2.45, 2.75) is 110 Å². The molecule has 4 aliphatic carbocycles. The molecule has 4 fully saturated rings. The van der Waals surface area contributed by atoms with Crippen molar-refractivity contribution >= 4 is 0 Å². The van der Waals surface area contributed by atoms with Crippen LogP contribution in [0.3, 0.4) is 0 Å². The molecule has 4 saturated carbocycles. The van der Waals surface area contributed by atoms with E-state index in [1.807, 2.05) is 0 Å². The molecule has 0 aromatic heterocycles. The zero-order chi connectivity index (χ0) is 18.0. The second kappa shape index (κ2) is 8.40. The molecule has 4 aliphatic rings. The van der Waals surface area contributed by atoms with Crippen molar-refractivity contribution in [3.63, 3.8) is 0 Å². The highest BCUT2D eigenvalue weighted by molar-refractivity contribution is 5.06. The van der Waals surface area contributed by atoms with E-state index >= 15 is 0 Å². The Kier molecular flexibility index (Phi) is 6.16. The standard InChI is InChI=1S/C26H44/c1-3-4-5-12-19-26(2,20-13-6-7-14-20)25-23-17-10-8-15-21(23)22-16-9-11-18-24(22)25/h3,20-25H,1,4-19H2,2H3. The van der Waals surface area contributed by atoms with Crippen molar-refractivity contribution in [1.29, 1.82) is 0 Å².